The van der Waals surface area contributed by atoms with Crippen LogP contribution in [-0.2, 0) is 28.6 Å². The van der Waals surface area contributed by atoms with Gasteiger partial charge in [0.25, 0.3) is 0 Å². The van der Waals surface area contributed by atoms with E-state index in [2.05, 4.69) is 62.5 Å². The van der Waals surface area contributed by atoms with Gasteiger partial charge < -0.3 is 28.6 Å². The first-order valence-electron chi connectivity index (χ1n) is 21.3. The van der Waals surface area contributed by atoms with Crippen molar-refractivity contribution in [3.05, 3.63) is 60.8 Å². The Hall–Kier alpha value is -2.97. The molecule has 0 fully saturated rings. The second-order valence-corrected chi connectivity index (χ2v) is 15.2. The van der Waals surface area contributed by atoms with Gasteiger partial charge in [-0.1, -0.05) is 139 Å². The number of carbonyl (C=O) groups is 3. The van der Waals surface area contributed by atoms with Crippen molar-refractivity contribution in [1.82, 2.24) is 0 Å². The highest BCUT2D eigenvalue weighted by Crippen LogP contribution is 2.13. The maximum absolute atomic E-state index is 12.6. The van der Waals surface area contributed by atoms with Crippen LogP contribution in [0.25, 0.3) is 0 Å². The van der Waals surface area contributed by atoms with E-state index in [9.17, 15) is 19.5 Å². The van der Waals surface area contributed by atoms with Gasteiger partial charge in [0, 0.05) is 19.3 Å². The number of carboxylic acid groups (broad SMARTS) is 1. The van der Waals surface area contributed by atoms with E-state index in [1.165, 1.54) is 77.0 Å². The number of hydrogen-bond donors (Lipinski definition) is 0. The molecule has 0 aromatic heterocycles. The number of rotatable bonds is 37. The van der Waals surface area contributed by atoms with Gasteiger partial charge in [-0.2, -0.15) is 0 Å². The van der Waals surface area contributed by atoms with E-state index in [4.69, 9.17) is 14.2 Å². The first kappa shape index (κ1) is 51.0. The average molecular weight is 758 g/mol. The Bertz CT molecular complexity index is 1070. The number of likely N-dealkylation sites (N-methyl/N-ethyl adjacent to an activating group) is 1. The van der Waals surface area contributed by atoms with E-state index in [-0.39, 0.29) is 43.1 Å². The molecule has 0 N–H and O–H groups in total. The summed E-state index contributed by atoms with van der Waals surface area (Å²) in [6.45, 7) is 4.44. The number of carbonyl (C=O) groups excluding carboxylic acids is 3. The van der Waals surface area contributed by atoms with Gasteiger partial charge in [-0.3, -0.25) is 9.59 Å². The minimum atomic E-state index is -1.14. The van der Waals surface area contributed by atoms with Crippen molar-refractivity contribution >= 4 is 17.9 Å². The van der Waals surface area contributed by atoms with Crippen LogP contribution in [-0.4, -0.2) is 75.5 Å². The predicted octanol–water partition coefficient (Wildman–Crippen LogP) is 10.1. The largest absolute Gasteiger partial charge is 0.544 e. The van der Waals surface area contributed by atoms with Gasteiger partial charge in [0.2, 0.25) is 0 Å². The minimum absolute atomic E-state index is 0.00875. The summed E-state index contributed by atoms with van der Waals surface area (Å²) in [5.74, 6) is -1.85. The minimum Gasteiger partial charge on any atom is -0.544 e. The summed E-state index contributed by atoms with van der Waals surface area (Å²) in [6.07, 6.45) is 44.1. The van der Waals surface area contributed by atoms with E-state index in [0.717, 1.165) is 44.9 Å². The van der Waals surface area contributed by atoms with Crippen LogP contribution in [0, 0.1) is 0 Å². The van der Waals surface area contributed by atoms with Crippen molar-refractivity contribution in [2.45, 2.75) is 174 Å². The van der Waals surface area contributed by atoms with Crippen LogP contribution in [0.5, 0.6) is 0 Å². The molecule has 2 unspecified atom stereocenters. The summed E-state index contributed by atoms with van der Waals surface area (Å²) in [4.78, 5) is 36.7. The third-order valence-electron chi connectivity index (χ3n) is 9.15. The van der Waals surface area contributed by atoms with Crippen molar-refractivity contribution < 1.29 is 38.2 Å². The van der Waals surface area contributed by atoms with Gasteiger partial charge in [-0.05, 0) is 64.2 Å². The van der Waals surface area contributed by atoms with Gasteiger partial charge in [0.05, 0.1) is 40.3 Å². The number of esters is 2. The molecule has 0 bridgehead atoms. The van der Waals surface area contributed by atoms with Crippen LogP contribution in [0.3, 0.4) is 0 Å². The van der Waals surface area contributed by atoms with Gasteiger partial charge in [0.15, 0.2) is 6.10 Å². The highest BCUT2D eigenvalue weighted by molar-refractivity contribution is 5.70. The van der Waals surface area contributed by atoms with Crippen molar-refractivity contribution in [1.29, 1.82) is 0 Å². The standard InChI is InChI=1S/C46H79NO7/c1-6-8-10-12-14-16-18-20-21-22-23-25-26-28-30-32-34-36-44(48)53-41-42(40-52-39-38-43(46(50)51)47(3,4)5)54-45(49)37-35-33-31-29-27-24-19-17-15-13-11-9-7-2/h9,11,15,17,20-21,24,27,31,33,42-43H,6-8,10,12-14,16,18-19,22-23,25-26,28-30,32,34-41H2,1-5H3/b11-9-,17-15-,21-20-,27-24-,33-31-. The Labute approximate surface area is 330 Å². The zero-order valence-electron chi connectivity index (χ0n) is 35.1. The summed E-state index contributed by atoms with van der Waals surface area (Å²) in [5, 5.41) is 11.6. The molecule has 310 valence electrons. The summed E-state index contributed by atoms with van der Waals surface area (Å²) < 4.78 is 17.0. The number of hydrogen-bond acceptors (Lipinski definition) is 7. The third kappa shape index (κ3) is 34.8. The molecule has 0 rings (SSSR count). The molecule has 8 heteroatoms. The van der Waals surface area contributed by atoms with Crippen LogP contribution in [0.2, 0.25) is 0 Å². The third-order valence-corrected chi connectivity index (χ3v) is 9.15. The Morgan fingerprint density at radius 1 is 0.574 bits per heavy atom. The quantitative estimate of drug-likeness (QED) is 0.0269. The molecule has 0 aliphatic carbocycles. The molecule has 0 amide bonds. The molecule has 0 spiro atoms. The number of carboxylic acids is 1. The maximum atomic E-state index is 12.6. The van der Waals surface area contributed by atoms with Gasteiger partial charge >= 0.3 is 11.9 Å². The number of nitrogens with zero attached hydrogens (tertiary/aromatic N) is 1. The van der Waals surface area contributed by atoms with Crippen LogP contribution in [0.15, 0.2) is 60.8 Å². The number of quaternary nitrogens is 1. The van der Waals surface area contributed by atoms with Crippen LogP contribution >= 0.6 is 0 Å². The van der Waals surface area contributed by atoms with E-state index >= 15 is 0 Å². The topological polar surface area (TPSA) is 102 Å². The second kappa shape index (κ2) is 37.0. The highest BCUT2D eigenvalue weighted by Gasteiger charge is 2.25. The van der Waals surface area contributed by atoms with Gasteiger partial charge in [-0.25, -0.2) is 0 Å². The highest BCUT2D eigenvalue weighted by atomic mass is 16.6. The lowest BCUT2D eigenvalue weighted by Gasteiger charge is -2.34. The predicted molar refractivity (Wildman–Crippen MR) is 222 cm³/mol. The summed E-state index contributed by atoms with van der Waals surface area (Å²) in [6, 6.07) is -0.739. The number of unbranched alkanes of at least 4 members (excludes halogenated alkanes) is 13. The van der Waals surface area contributed by atoms with E-state index in [1.54, 1.807) is 21.1 Å². The van der Waals surface area contributed by atoms with E-state index < -0.39 is 24.1 Å². The Balaban J connectivity index is 4.44. The van der Waals surface area contributed by atoms with Crippen LogP contribution in [0.4, 0.5) is 0 Å². The molecule has 0 radical (unpaired) electrons. The average Bonchev–Trinajstić information content (AvgIpc) is 3.12. The lowest BCUT2D eigenvalue weighted by atomic mass is 10.1. The molecular weight excluding hydrogens is 679 g/mol. The molecule has 0 aromatic rings. The molecule has 0 heterocycles. The Kier molecular flexibility index (Phi) is 34.9. The molecular formula is C46H79NO7. The van der Waals surface area contributed by atoms with Crippen molar-refractivity contribution in [3.63, 3.8) is 0 Å². The maximum Gasteiger partial charge on any atom is 0.306 e. The Morgan fingerprint density at radius 2 is 1.07 bits per heavy atom. The van der Waals surface area contributed by atoms with Crippen LogP contribution < -0.4 is 5.11 Å². The Morgan fingerprint density at radius 3 is 1.61 bits per heavy atom. The fraction of sp³-hybridized carbons (Fsp3) is 0.717. The molecule has 8 nitrogen and oxygen atoms in total. The van der Waals surface area contributed by atoms with Crippen molar-refractivity contribution in [3.8, 4) is 0 Å². The van der Waals surface area contributed by atoms with E-state index in [0.29, 0.717) is 12.8 Å². The first-order chi connectivity index (χ1) is 26.1. The number of aliphatic carboxylic acids is 1. The monoisotopic (exact) mass is 758 g/mol. The fourth-order valence-corrected chi connectivity index (χ4v) is 5.84. The summed E-state index contributed by atoms with van der Waals surface area (Å²) in [7, 11) is 5.37. The zero-order chi connectivity index (χ0) is 40.0. The zero-order valence-corrected chi connectivity index (χ0v) is 35.1. The normalized spacial score (nSPS) is 13.6. The van der Waals surface area contributed by atoms with Crippen molar-refractivity contribution in [2.24, 2.45) is 0 Å². The number of ether oxygens (including phenoxy) is 3. The lowest BCUT2D eigenvalue weighted by Crippen LogP contribution is -2.55. The SMILES string of the molecule is CC/C=C\C/C=C\C/C=C\C/C=C\CCC(=O)OC(COCCC(C(=O)[O-])[N+](C)(C)C)COC(=O)CCCCCCCCC/C=C\CCCCCCCC. The molecule has 0 aliphatic rings. The molecule has 0 aliphatic heterocycles. The fourth-order valence-electron chi connectivity index (χ4n) is 5.84. The summed E-state index contributed by atoms with van der Waals surface area (Å²) >= 11 is 0. The second-order valence-electron chi connectivity index (χ2n) is 15.2. The first-order valence-corrected chi connectivity index (χ1v) is 21.3. The summed E-state index contributed by atoms with van der Waals surface area (Å²) in [5.41, 5.74) is 0. The van der Waals surface area contributed by atoms with Crippen LogP contribution in [0.1, 0.15) is 162 Å². The molecule has 54 heavy (non-hydrogen) atoms. The van der Waals surface area contributed by atoms with E-state index in [1.807, 2.05) is 12.2 Å². The van der Waals surface area contributed by atoms with Crippen molar-refractivity contribution in [2.75, 3.05) is 41.0 Å². The molecule has 0 saturated heterocycles. The van der Waals surface area contributed by atoms with Gasteiger partial charge in [0.1, 0.15) is 12.6 Å². The number of allylic oxidation sites excluding steroid dienone is 10. The lowest BCUT2D eigenvalue weighted by molar-refractivity contribution is -0.889. The molecule has 0 aromatic carbocycles. The molecule has 2 atom stereocenters. The smallest absolute Gasteiger partial charge is 0.306 e. The molecule has 0 saturated carbocycles. The van der Waals surface area contributed by atoms with Gasteiger partial charge in [-0.15, -0.1) is 0 Å².